The molecule has 0 aliphatic rings. The predicted octanol–water partition coefficient (Wildman–Crippen LogP) is 5.42. The summed E-state index contributed by atoms with van der Waals surface area (Å²) in [4.78, 5) is 0. The van der Waals surface area contributed by atoms with Crippen LogP contribution in [0.5, 0.6) is 0 Å². The lowest BCUT2D eigenvalue weighted by atomic mass is 10.1. The third kappa shape index (κ3) is 14.1. The maximum atomic E-state index is 11.5. The van der Waals surface area contributed by atoms with E-state index < -0.39 is 8.03 Å². The van der Waals surface area contributed by atoms with Gasteiger partial charge < -0.3 is 4.52 Å². The Morgan fingerprint density at radius 3 is 1.94 bits per heavy atom. The highest BCUT2D eigenvalue weighted by Crippen LogP contribution is 2.24. The summed E-state index contributed by atoms with van der Waals surface area (Å²) in [7, 11) is -1.72. The van der Waals surface area contributed by atoms with Crippen LogP contribution in [-0.2, 0) is 9.09 Å². The molecule has 0 radical (unpaired) electrons. The lowest BCUT2D eigenvalue weighted by Crippen LogP contribution is -1.90. The second-order valence-corrected chi connectivity index (χ2v) is 6.33. The first-order valence-electron chi connectivity index (χ1n) is 7.46. The standard InChI is InChI=1S/C14H31O2P/c1-3-5-7-9-10-11-13-16-17(15)14-12-8-6-4-2/h17H,3-14H2,1-2H3. The molecule has 0 saturated heterocycles. The van der Waals surface area contributed by atoms with E-state index in [9.17, 15) is 4.57 Å². The van der Waals surface area contributed by atoms with Crippen molar-refractivity contribution in [2.24, 2.45) is 0 Å². The van der Waals surface area contributed by atoms with E-state index in [0.717, 1.165) is 19.0 Å². The van der Waals surface area contributed by atoms with Crippen molar-refractivity contribution in [1.29, 1.82) is 0 Å². The van der Waals surface area contributed by atoms with Crippen LogP contribution in [0.4, 0.5) is 0 Å². The van der Waals surface area contributed by atoms with Gasteiger partial charge in [0.15, 0.2) is 8.03 Å². The van der Waals surface area contributed by atoms with Crippen molar-refractivity contribution in [1.82, 2.24) is 0 Å². The van der Waals surface area contributed by atoms with Gasteiger partial charge in [0.2, 0.25) is 0 Å². The van der Waals surface area contributed by atoms with E-state index >= 15 is 0 Å². The Labute approximate surface area is 108 Å². The minimum atomic E-state index is -1.72. The number of unbranched alkanes of at least 4 members (excludes halogenated alkanes) is 8. The maximum absolute atomic E-state index is 11.5. The van der Waals surface area contributed by atoms with Crippen LogP contribution < -0.4 is 0 Å². The Balaban J connectivity index is 3.11. The highest BCUT2D eigenvalue weighted by molar-refractivity contribution is 7.39. The van der Waals surface area contributed by atoms with Crippen molar-refractivity contribution in [2.75, 3.05) is 12.8 Å². The van der Waals surface area contributed by atoms with Crippen molar-refractivity contribution < 1.29 is 9.09 Å². The lowest BCUT2D eigenvalue weighted by Gasteiger charge is -2.04. The van der Waals surface area contributed by atoms with Gasteiger partial charge >= 0.3 is 0 Å². The summed E-state index contributed by atoms with van der Waals surface area (Å²) in [6, 6.07) is 0. The van der Waals surface area contributed by atoms with E-state index in [0.29, 0.717) is 6.61 Å². The van der Waals surface area contributed by atoms with Crippen LogP contribution in [0.3, 0.4) is 0 Å². The molecule has 0 amide bonds. The minimum Gasteiger partial charge on any atom is -0.330 e. The number of hydrogen-bond acceptors (Lipinski definition) is 2. The molecular weight excluding hydrogens is 231 g/mol. The van der Waals surface area contributed by atoms with Gasteiger partial charge in [-0.3, -0.25) is 4.57 Å². The quantitative estimate of drug-likeness (QED) is 0.327. The summed E-state index contributed by atoms with van der Waals surface area (Å²) in [6.07, 6.45) is 13.1. The Bertz CT molecular complexity index is 172. The number of rotatable bonds is 13. The monoisotopic (exact) mass is 262 g/mol. The van der Waals surface area contributed by atoms with Crippen LogP contribution in [0.25, 0.3) is 0 Å². The van der Waals surface area contributed by atoms with Gasteiger partial charge in [-0.1, -0.05) is 65.2 Å². The Morgan fingerprint density at radius 2 is 1.29 bits per heavy atom. The fraction of sp³-hybridized carbons (Fsp3) is 1.00. The van der Waals surface area contributed by atoms with Gasteiger partial charge in [-0.2, -0.15) is 0 Å². The molecule has 1 atom stereocenters. The highest BCUT2D eigenvalue weighted by atomic mass is 31.1. The maximum Gasteiger partial charge on any atom is 0.191 e. The zero-order valence-electron chi connectivity index (χ0n) is 11.8. The molecule has 0 rings (SSSR count). The molecule has 0 aromatic heterocycles. The van der Waals surface area contributed by atoms with Gasteiger partial charge in [0.25, 0.3) is 0 Å². The van der Waals surface area contributed by atoms with Crippen molar-refractivity contribution in [3.8, 4) is 0 Å². The summed E-state index contributed by atoms with van der Waals surface area (Å²) in [5.74, 6) is 0. The Morgan fingerprint density at radius 1 is 0.765 bits per heavy atom. The molecule has 0 saturated carbocycles. The van der Waals surface area contributed by atoms with Crippen LogP contribution in [0.15, 0.2) is 0 Å². The van der Waals surface area contributed by atoms with E-state index in [1.165, 1.54) is 51.4 Å². The smallest absolute Gasteiger partial charge is 0.191 e. The van der Waals surface area contributed by atoms with Crippen LogP contribution in [0.2, 0.25) is 0 Å². The summed E-state index contributed by atoms with van der Waals surface area (Å²) >= 11 is 0. The molecule has 0 fully saturated rings. The van der Waals surface area contributed by atoms with E-state index in [4.69, 9.17) is 4.52 Å². The van der Waals surface area contributed by atoms with Gasteiger partial charge in [-0.15, -0.1) is 0 Å². The van der Waals surface area contributed by atoms with Crippen molar-refractivity contribution in [3.63, 3.8) is 0 Å². The molecule has 3 heteroatoms. The third-order valence-electron chi connectivity index (χ3n) is 3.00. The second-order valence-electron chi connectivity index (χ2n) is 4.80. The molecule has 0 heterocycles. The highest BCUT2D eigenvalue weighted by Gasteiger charge is 1.99. The molecule has 0 N–H and O–H groups in total. The van der Waals surface area contributed by atoms with Gasteiger partial charge in [-0.05, 0) is 12.8 Å². The van der Waals surface area contributed by atoms with E-state index in [2.05, 4.69) is 13.8 Å². The summed E-state index contributed by atoms with van der Waals surface area (Å²) < 4.78 is 16.9. The van der Waals surface area contributed by atoms with Crippen LogP contribution in [0.1, 0.15) is 78.1 Å². The first-order valence-corrected chi connectivity index (χ1v) is 8.99. The van der Waals surface area contributed by atoms with Crippen LogP contribution >= 0.6 is 8.03 Å². The molecule has 17 heavy (non-hydrogen) atoms. The molecule has 0 spiro atoms. The van der Waals surface area contributed by atoms with Gasteiger partial charge in [0.05, 0.1) is 6.61 Å². The fourth-order valence-corrected chi connectivity index (χ4v) is 2.89. The van der Waals surface area contributed by atoms with E-state index in [-0.39, 0.29) is 0 Å². The molecule has 1 unspecified atom stereocenters. The van der Waals surface area contributed by atoms with Gasteiger partial charge in [-0.25, -0.2) is 0 Å². The number of hydrogen-bond donors (Lipinski definition) is 0. The first kappa shape index (κ1) is 17.2. The van der Waals surface area contributed by atoms with Gasteiger partial charge in [0.1, 0.15) is 0 Å². The van der Waals surface area contributed by atoms with Crippen LogP contribution in [-0.4, -0.2) is 12.8 Å². The second kappa shape index (κ2) is 14.3. The normalized spacial score (nSPS) is 12.8. The van der Waals surface area contributed by atoms with Gasteiger partial charge in [0, 0.05) is 6.16 Å². The predicted molar refractivity (Wildman–Crippen MR) is 77.3 cm³/mol. The summed E-state index contributed by atoms with van der Waals surface area (Å²) in [5.41, 5.74) is 0. The topological polar surface area (TPSA) is 26.3 Å². The Hall–Kier alpha value is 0.190. The average Bonchev–Trinajstić information content (AvgIpc) is 2.33. The van der Waals surface area contributed by atoms with Crippen molar-refractivity contribution >= 4 is 8.03 Å². The van der Waals surface area contributed by atoms with E-state index in [1.54, 1.807) is 0 Å². The van der Waals surface area contributed by atoms with Crippen LogP contribution in [0, 0.1) is 0 Å². The average molecular weight is 262 g/mol. The minimum absolute atomic E-state index is 0.706. The molecule has 0 bridgehead atoms. The lowest BCUT2D eigenvalue weighted by molar-refractivity contribution is 0.315. The molecule has 2 nitrogen and oxygen atoms in total. The van der Waals surface area contributed by atoms with E-state index in [1.807, 2.05) is 0 Å². The Kier molecular flexibility index (Phi) is 14.4. The van der Waals surface area contributed by atoms with Crippen molar-refractivity contribution in [3.05, 3.63) is 0 Å². The third-order valence-corrected chi connectivity index (χ3v) is 4.28. The molecule has 104 valence electrons. The summed E-state index contributed by atoms with van der Waals surface area (Å²) in [6.45, 7) is 5.13. The fourth-order valence-electron chi connectivity index (χ4n) is 1.84. The SMILES string of the molecule is CCCCCCCCO[PH](=O)CCCCCC. The molecule has 0 aliphatic heterocycles. The first-order chi connectivity index (χ1) is 8.31. The molecule has 0 aromatic rings. The van der Waals surface area contributed by atoms with Crippen molar-refractivity contribution in [2.45, 2.75) is 78.1 Å². The molecular formula is C14H31O2P. The largest absolute Gasteiger partial charge is 0.330 e. The summed E-state index contributed by atoms with van der Waals surface area (Å²) in [5, 5.41) is 0. The zero-order valence-corrected chi connectivity index (χ0v) is 12.8. The molecule has 0 aliphatic carbocycles. The zero-order chi connectivity index (χ0) is 12.8. The molecule has 0 aromatic carbocycles.